The lowest BCUT2D eigenvalue weighted by atomic mass is 10.1. The first kappa shape index (κ1) is 21.3. The van der Waals surface area contributed by atoms with E-state index in [0.29, 0.717) is 4.90 Å². The number of phenolic OH excluding ortho intramolecular Hbond substituents is 1. The molecule has 8 nitrogen and oxygen atoms in total. The van der Waals surface area contributed by atoms with Crippen molar-refractivity contribution in [2.24, 2.45) is 0 Å². The molecule has 0 aliphatic carbocycles. The molecule has 144 valence electrons. The number of methoxy groups -OCH3 is 1. The lowest BCUT2D eigenvalue weighted by Gasteiger charge is -2.28. The Balaban J connectivity index is 3.38. The number of rotatable bonds is 2. The van der Waals surface area contributed by atoms with Crippen LogP contribution in [0.3, 0.4) is 0 Å². The van der Waals surface area contributed by atoms with Gasteiger partial charge in [-0.15, -0.1) is 0 Å². The number of hydrogen-bond acceptors (Lipinski definition) is 7. The molecule has 1 aromatic carbocycles. The zero-order chi connectivity index (χ0) is 20.3. The Hall–Kier alpha value is -2.77. The quantitative estimate of drug-likeness (QED) is 0.625. The number of imide groups is 1. The summed E-state index contributed by atoms with van der Waals surface area (Å²) in [4.78, 5) is 37.5. The van der Waals surface area contributed by atoms with E-state index in [9.17, 15) is 19.5 Å². The van der Waals surface area contributed by atoms with Crippen molar-refractivity contribution in [3.63, 3.8) is 0 Å². The van der Waals surface area contributed by atoms with Gasteiger partial charge in [0.25, 0.3) is 0 Å². The van der Waals surface area contributed by atoms with Crippen LogP contribution in [-0.2, 0) is 14.2 Å². The molecule has 1 rings (SSSR count). The summed E-state index contributed by atoms with van der Waals surface area (Å²) < 4.78 is 15.1. The number of benzene rings is 1. The Kier molecular flexibility index (Phi) is 6.25. The fourth-order valence-corrected chi connectivity index (χ4v) is 1.84. The molecule has 0 atom stereocenters. The van der Waals surface area contributed by atoms with Gasteiger partial charge < -0.3 is 19.3 Å². The third-order valence-electron chi connectivity index (χ3n) is 2.80. The number of ether oxygens (including phenoxy) is 3. The van der Waals surface area contributed by atoms with Gasteiger partial charge in [-0.1, -0.05) is 0 Å². The van der Waals surface area contributed by atoms with E-state index in [2.05, 4.69) is 4.74 Å². The monoisotopic (exact) mass is 367 g/mol. The second-order valence-corrected chi connectivity index (χ2v) is 7.49. The van der Waals surface area contributed by atoms with Crippen molar-refractivity contribution in [1.29, 1.82) is 0 Å². The number of carbonyl (C=O) groups excluding carboxylic acids is 3. The van der Waals surface area contributed by atoms with Crippen LogP contribution in [0.1, 0.15) is 51.9 Å². The average molecular weight is 367 g/mol. The number of anilines is 1. The Morgan fingerprint density at radius 1 is 0.923 bits per heavy atom. The number of nitrogens with zero attached hydrogens (tertiary/aromatic N) is 1. The van der Waals surface area contributed by atoms with E-state index in [1.54, 1.807) is 41.5 Å². The Morgan fingerprint density at radius 3 is 1.77 bits per heavy atom. The molecule has 0 aromatic heterocycles. The number of carbonyl (C=O) groups is 3. The summed E-state index contributed by atoms with van der Waals surface area (Å²) in [6.07, 6.45) is -1.96. The highest BCUT2D eigenvalue weighted by atomic mass is 16.6. The summed E-state index contributed by atoms with van der Waals surface area (Å²) in [5.41, 5.74) is -1.94. The van der Waals surface area contributed by atoms with Gasteiger partial charge >= 0.3 is 18.2 Å². The first-order chi connectivity index (χ1) is 11.7. The van der Waals surface area contributed by atoms with Gasteiger partial charge in [-0.05, 0) is 59.7 Å². The zero-order valence-electron chi connectivity index (χ0n) is 16.1. The van der Waals surface area contributed by atoms with E-state index in [4.69, 9.17) is 9.47 Å². The molecule has 0 unspecified atom stereocenters. The van der Waals surface area contributed by atoms with Gasteiger partial charge in [0.1, 0.15) is 22.5 Å². The molecule has 0 saturated carbocycles. The van der Waals surface area contributed by atoms with E-state index in [0.717, 1.165) is 13.2 Å². The first-order valence-electron chi connectivity index (χ1n) is 7.92. The second-order valence-electron chi connectivity index (χ2n) is 7.49. The van der Waals surface area contributed by atoms with Crippen molar-refractivity contribution in [3.05, 3.63) is 23.8 Å². The van der Waals surface area contributed by atoms with Crippen LogP contribution in [0.5, 0.6) is 5.75 Å². The van der Waals surface area contributed by atoms with E-state index in [-0.39, 0.29) is 17.0 Å². The molecule has 1 aromatic rings. The van der Waals surface area contributed by atoms with Crippen LogP contribution in [0, 0.1) is 0 Å². The van der Waals surface area contributed by atoms with Gasteiger partial charge in [0.2, 0.25) is 0 Å². The minimum absolute atomic E-state index is 0.00769. The van der Waals surface area contributed by atoms with Gasteiger partial charge in [0.05, 0.1) is 12.8 Å². The van der Waals surface area contributed by atoms with Gasteiger partial charge in [-0.25, -0.2) is 14.4 Å². The topological polar surface area (TPSA) is 102 Å². The molecular weight excluding hydrogens is 342 g/mol. The van der Waals surface area contributed by atoms with Gasteiger partial charge in [0, 0.05) is 0 Å². The van der Waals surface area contributed by atoms with Crippen LogP contribution >= 0.6 is 0 Å². The Bertz CT molecular complexity index is 670. The summed E-state index contributed by atoms with van der Waals surface area (Å²) in [7, 11) is 1.15. The highest BCUT2D eigenvalue weighted by molar-refractivity contribution is 6.10. The summed E-state index contributed by atoms with van der Waals surface area (Å²) in [5.74, 6) is -1.17. The predicted octanol–water partition coefficient (Wildman–Crippen LogP) is 3.86. The van der Waals surface area contributed by atoms with Gasteiger partial charge in [0.15, 0.2) is 0 Å². The lowest BCUT2D eigenvalue weighted by Crippen LogP contribution is -2.43. The molecule has 0 saturated heterocycles. The molecule has 26 heavy (non-hydrogen) atoms. The lowest BCUT2D eigenvalue weighted by molar-refractivity contribution is 0.0428. The minimum atomic E-state index is -0.978. The van der Waals surface area contributed by atoms with Crippen LogP contribution in [-0.4, -0.2) is 41.6 Å². The summed E-state index contributed by atoms with van der Waals surface area (Å²) in [6, 6.07) is 3.61. The standard InChI is InChI=1S/C18H25NO7/c1-17(2,3)25-15(22)19(16(23)26-18(4,5)6)11-8-9-13(20)12(10-11)14(21)24-7/h8-10,20H,1-7H3. The van der Waals surface area contributed by atoms with Crippen LogP contribution in [0.2, 0.25) is 0 Å². The second kappa shape index (κ2) is 7.63. The largest absolute Gasteiger partial charge is 0.507 e. The molecule has 0 spiro atoms. The highest BCUT2D eigenvalue weighted by Crippen LogP contribution is 2.27. The molecule has 8 heteroatoms. The van der Waals surface area contributed by atoms with Gasteiger partial charge in [-0.3, -0.25) is 0 Å². The molecule has 0 radical (unpaired) electrons. The van der Waals surface area contributed by atoms with Crippen molar-refractivity contribution in [1.82, 2.24) is 0 Å². The first-order valence-corrected chi connectivity index (χ1v) is 7.92. The van der Waals surface area contributed by atoms with Crippen molar-refractivity contribution < 1.29 is 33.7 Å². The van der Waals surface area contributed by atoms with Crippen LogP contribution < -0.4 is 4.90 Å². The smallest absolute Gasteiger partial charge is 0.424 e. The molecule has 0 bridgehead atoms. The van der Waals surface area contributed by atoms with Crippen molar-refractivity contribution in [2.45, 2.75) is 52.7 Å². The highest BCUT2D eigenvalue weighted by Gasteiger charge is 2.33. The number of phenols is 1. The molecule has 0 aliphatic rings. The number of amides is 2. The molecule has 1 N–H and O–H groups in total. The third-order valence-corrected chi connectivity index (χ3v) is 2.80. The normalized spacial score (nSPS) is 11.5. The fraction of sp³-hybridized carbons (Fsp3) is 0.500. The van der Waals surface area contributed by atoms with Crippen LogP contribution in [0.4, 0.5) is 15.3 Å². The fourth-order valence-electron chi connectivity index (χ4n) is 1.84. The Labute approximate surface area is 152 Å². The van der Waals surface area contributed by atoms with E-state index in [1.165, 1.54) is 12.1 Å². The molecule has 2 amide bonds. The third kappa shape index (κ3) is 5.94. The SMILES string of the molecule is COC(=O)c1cc(N(C(=O)OC(C)(C)C)C(=O)OC(C)(C)C)ccc1O. The zero-order valence-corrected chi connectivity index (χ0v) is 16.1. The maximum atomic E-state index is 12.5. The predicted molar refractivity (Wildman–Crippen MR) is 94.4 cm³/mol. The van der Waals surface area contributed by atoms with E-state index >= 15 is 0 Å². The van der Waals surface area contributed by atoms with Crippen molar-refractivity contribution in [2.75, 3.05) is 12.0 Å². The molecular formula is C18H25NO7. The maximum absolute atomic E-state index is 12.5. The van der Waals surface area contributed by atoms with E-state index in [1.807, 2.05) is 0 Å². The van der Waals surface area contributed by atoms with Crippen molar-refractivity contribution >= 4 is 23.8 Å². The molecule has 0 fully saturated rings. The van der Waals surface area contributed by atoms with Gasteiger partial charge in [-0.2, -0.15) is 4.90 Å². The van der Waals surface area contributed by atoms with E-state index < -0.39 is 29.4 Å². The van der Waals surface area contributed by atoms with Crippen molar-refractivity contribution in [3.8, 4) is 5.75 Å². The summed E-state index contributed by atoms with van der Waals surface area (Å²) >= 11 is 0. The maximum Gasteiger partial charge on any atom is 0.424 e. The molecule has 0 aliphatic heterocycles. The number of esters is 1. The van der Waals surface area contributed by atoms with Crippen LogP contribution in [0.15, 0.2) is 18.2 Å². The average Bonchev–Trinajstić information content (AvgIpc) is 2.44. The summed E-state index contributed by atoms with van der Waals surface area (Å²) in [6.45, 7) is 9.89. The number of hydrogen-bond donors (Lipinski definition) is 1. The van der Waals surface area contributed by atoms with Crippen LogP contribution in [0.25, 0.3) is 0 Å². The minimum Gasteiger partial charge on any atom is -0.507 e. The summed E-state index contributed by atoms with van der Waals surface area (Å²) in [5, 5.41) is 9.82. The Morgan fingerprint density at radius 2 is 1.38 bits per heavy atom. The number of aromatic hydroxyl groups is 1. The molecule has 0 heterocycles.